The van der Waals surface area contributed by atoms with Crippen LogP contribution in [0.4, 0.5) is 0 Å². The zero-order valence-electron chi connectivity index (χ0n) is 10.6. The third-order valence-electron chi connectivity index (χ3n) is 2.92. The molecule has 1 saturated heterocycles. The van der Waals surface area contributed by atoms with E-state index in [1.807, 2.05) is 6.92 Å². The SMILES string of the molecule is CCCS(=O)(=O)CCOC1CNCC(C(=O)O)C1. The van der Waals surface area contributed by atoms with Crippen molar-refractivity contribution in [1.29, 1.82) is 0 Å². The molecule has 1 heterocycles. The van der Waals surface area contributed by atoms with Crippen molar-refractivity contribution in [3.8, 4) is 0 Å². The Labute approximate surface area is 108 Å². The van der Waals surface area contributed by atoms with Crippen molar-refractivity contribution in [3.63, 3.8) is 0 Å². The third-order valence-corrected chi connectivity index (χ3v) is 4.74. The molecule has 7 heteroatoms. The van der Waals surface area contributed by atoms with Crippen molar-refractivity contribution in [2.45, 2.75) is 25.9 Å². The second kappa shape index (κ2) is 7.06. The van der Waals surface area contributed by atoms with Crippen LogP contribution in [-0.4, -0.2) is 56.8 Å². The molecule has 0 aliphatic carbocycles. The summed E-state index contributed by atoms with van der Waals surface area (Å²) in [6.45, 7) is 2.99. The first-order chi connectivity index (χ1) is 8.44. The Balaban J connectivity index is 2.29. The molecular formula is C11H21NO5S. The number of carbonyl (C=O) groups is 1. The Bertz CT molecular complexity index is 368. The van der Waals surface area contributed by atoms with Crippen LogP contribution in [0.3, 0.4) is 0 Å². The van der Waals surface area contributed by atoms with E-state index < -0.39 is 21.7 Å². The standard InChI is InChI=1S/C11H21NO5S/c1-2-4-18(15,16)5-3-17-10-6-9(11(13)14)7-12-8-10/h9-10,12H,2-8H2,1H3,(H,13,14). The molecule has 0 aromatic rings. The Kier molecular flexibility index (Phi) is 6.04. The van der Waals surface area contributed by atoms with Crippen LogP contribution in [0, 0.1) is 5.92 Å². The Hall–Kier alpha value is -0.660. The summed E-state index contributed by atoms with van der Waals surface area (Å²) in [6.07, 6.45) is 0.835. The molecule has 0 spiro atoms. The molecule has 1 fully saturated rings. The van der Waals surface area contributed by atoms with Crippen LogP contribution in [0.2, 0.25) is 0 Å². The van der Waals surface area contributed by atoms with E-state index in [1.165, 1.54) is 0 Å². The van der Waals surface area contributed by atoms with E-state index in [2.05, 4.69) is 5.32 Å². The van der Waals surface area contributed by atoms with Crippen LogP contribution in [0.1, 0.15) is 19.8 Å². The Morgan fingerprint density at radius 1 is 1.39 bits per heavy atom. The van der Waals surface area contributed by atoms with E-state index in [0.717, 1.165) is 0 Å². The molecular weight excluding hydrogens is 258 g/mol. The maximum Gasteiger partial charge on any atom is 0.307 e. The minimum absolute atomic E-state index is 0.00901. The van der Waals surface area contributed by atoms with Crippen molar-refractivity contribution in [2.75, 3.05) is 31.2 Å². The molecule has 0 aromatic carbocycles. The minimum Gasteiger partial charge on any atom is -0.481 e. The molecule has 0 aromatic heterocycles. The monoisotopic (exact) mass is 279 g/mol. The van der Waals surface area contributed by atoms with Crippen molar-refractivity contribution >= 4 is 15.8 Å². The minimum atomic E-state index is -3.02. The van der Waals surface area contributed by atoms with Gasteiger partial charge in [-0.1, -0.05) is 6.92 Å². The smallest absolute Gasteiger partial charge is 0.307 e. The number of sulfone groups is 1. The Morgan fingerprint density at radius 2 is 2.11 bits per heavy atom. The summed E-state index contributed by atoms with van der Waals surface area (Å²) in [6, 6.07) is 0. The number of piperidine rings is 1. The van der Waals surface area contributed by atoms with E-state index in [9.17, 15) is 13.2 Å². The zero-order valence-corrected chi connectivity index (χ0v) is 11.4. The predicted octanol–water partition coefficient (Wildman–Crippen LogP) is -0.109. The highest BCUT2D eigenvalue weighted by Crippen LogP contribution is 2.13. The average molecular weight is 279 g/mol. The summed E-state index contributed by atoms with van der Waals surface area (Å²) in [4.78, 5) is 10.8. The maximum atomic E-state index is 11.5. The van der Waals surface area contributed by atoms with Crippen LogP contribution in [0.25, 0.3) is 0 Å². The fourth-order valence-corrected chi connectivity index (χ4v) is 3.15. The predicted molar refractivity (Wildman–Crippen MR) is 67.3 cm³/mol. The molecule has 0 amide bonds. The van der Waals surface area contributed by atoms with E-state index in [-0.39, 0.29) is 24.2 Å². The number of hydrogen-bond acceptors (Lipinski definition) is 5. The van der Waals surface area contributed by atoms with Gasteiger partial charge < -0.3 is 15.2 Å². The fraction of sp³-hybridized carbons (Fsp3) is 0.909. The lowest BCUT2D eigenvalue weighted by atomic mass is 9.98. The van der Waals surface area contributed by atoms with Crippen LogP contribution in [0.15, 0.2) is 0 Å². The zero-order chi connectivity index (χ0) is 13.6. The highest BCUT2D eigenvalue weighted by Gasteiger charge is 2.27. The van der Waals surface area contributed by atoms with Crippen molar-refractivity contribution in [2.24, 2.45) is 5.92 Å². The van der Waals surface area contributed by atoms with E-state index >= 15 is 0 Å². The van der Waals surface area contributed by atoms with Crippen LogP contribution >= 0.6 is 0 Å². The van der Waals surface area contributed by atoms with Crippen LogP contribution in [0.5, 0.6) is 0 Å². The molecule has 2 N–H and O–H groups in total. The number of ether oxygens (including phenoxy) is 1. The number of rotatable bonds is 7. The summed E-state index contributed by atoms with van der Waals surface area (Å²) < 4.78 is 28.4. The quantitative estimate of drug-likeness (QED) is 0.675. The second-order valence-corrected chi connectivity index (χ2v) is 6.88. The van der Waals surface area contributed by atoms with Gasteiger partial charge in [0.15, 0.2) is 9.84 Å². The van der Waals surface area contributed by atoms with Crippen molar-refractivity contribution in [3.05, 3.63) is 0 Å². The molecule has 2 atom stereocenters. The Morgan fingerprint density at radius 3 is 2.72 bits per heavy atom. The van der Waals surface area contributed by atoms with E-state index in [4.69, 9.17) is 9.84 Å². The van der Waals surface area contributed by atoms with Crippen LogP contribution < -0.4 is 5.32 Å². The van der Waals surface area contributed by atoms with Gasteiger partial charge in [0.05, 0.1) is 24.4 Å². The highest BCUT2D eigenvalue weighted by molar-refractivity contribution is 7.91. The number of nitrogens with one attached hydrogen (secondary N) is 1. The lowest BCUT2D eigenvalue weighted by molar-refractivity contribution is -0.144. The van der Waals surface area contributed by atoms with Gasteiger partial charge in [0.2, 0.25) is 0 Å². The van der Waals surface area contributed by atoms with Gasteiger partial charge in [0, 0.05) is 18.8 Å². The molecule has 1 rings (SSSR count). The summed E-state index contributed by atoms with van der Waals surface area (Å²) >= 11 is 0. The molecule has 0 radical (unpaired) electrons. The molecule has 0 bridgehead atoms. The lowest BCUT2D eigenvalue weighted by Gasteiger charge is -2.27. The van der Waals surface area contributed by atoms with Gasteiger partial charge in [-0.3, -0.25) is 4.79 Å². The summed E-state index contributed by atoms with van der Waals surface area (Å²) in [5.41, 5.74) is 0. The van der Waals surface area contributed by atoms with Crippen molar-refractivity contribution in [1.82, 2.24) is 5.32 Å². The molecule has 1 aliphatic heterocycles. The fourth-order valence-electron chi connectivity index (χ4n) is 1.97. The van der Waals surface area contributed by atoms with Gasteiger partial charge in [-0.15, -0.1) is 0 Å². The van der Waals surface area contributed by atoms with Gasteiger partial charge in [-0.25, -0.2) is 8.42 Å². The summed E-state index contributed by atoms with van der Waals surface area (Å²) in [5.74, 6) is -1.10. The van der Waals surface area contributed by atoms with Gasteiger partial charge in [-0.2, -0.15) is 0 Å². The number of aliphatic carboxylic acids is 1. The number of carboxylic acid groups (broad SMARTS) is 1. The topological polar surface area (TPSA) is 92.7 Å². The second-order valence-electron chi connectivity index (χ2n) is 4.57. The molecule has 106 valence electrons. The van der Waals surface area contributed by atoms with Gasteiger partial charge in [-0.05, 0) is 12.8 Å². The van der Waals surface area contributed by atoms with Crippen molar-refractivity contribution < 1.29 is 23.1 Å². The van der Waals surface area contributed by atoms with E-state index in [1.54, 1.807) is 0 Å². The van der Waals surface area contributed by atoms with E-state index in [0.29, 0.717) is 25.9 Å². The first-order valence-electron chi connectivity index (χ1n) is 6.20. The summed E-state index contributed by atoms with van der Waals surface area (Å²) in [7, 11) is -3.02. The summed E-state index contributed by atoms with van der Waals surface area (Å²) in [5, 5.41) is 11.9. The largest absolute Gasteiger partial charge is 0.481 e. The number of hydrogen-bond donors (Lipinski definition) is 2. The molecule has 18 heavy (non-hydrogen) atoms. The molecule has 1 aliphatic rings. The normalized spacial score (nSPS) is 24.9. The highest BCUT2D eigenvalue weighted by atomic mass is 32.2. The lowest BCUT2D eigenvalue weighted by Crippen LogP contribution is -2.44. The van der Waals surface area contributed by atoms with Gasteiger partial charge in [0.25, 0.3) is 0 Å². The molecule has 0 saturated carbocycles. The van der Waals surface area contributed by atoms with Crippen LogP contribution in [-0.2, 0) is 19.4 Å². The average Bonchev–Trinajstić information content (AvgIpc) is 2.29. The molecule has 6 nitrogen and oxygen atoms in total. The first kappa shape index (κ1) is 15.4. The van der Waals surface area contributed by atoms with Gasteiger partial charge in [0.1, 0.15) is 0 Å². The first-order valence-corrected chi connectivity index (χ1v) is 8.02. The third kappa shape index (κ3) is 5.32. The molecule has 2 unspecified atom stereocenters. The maximum absolute atomic E-state index is 11.5. The number of carboxylic acids is 1. The van der Waals surface area contributed by atoms with Gasteiger partial charge >= 0.3 is 5.97 Å².